The molecule has 2 aromatic rings. The van der Waals surface area contributed by atoms with Crippen molar-refractivity contribution in [1.82, 2.24) is 10.3 Å². The number of benzene rings is 1. The molecule has 25 heavy (non-hydrogen) atoms. The van der Waals surface area contributed by atoms with E-state index in [-0.39, 0.29) is 12.5 Å². The molecule has 1 aromatic carbocycles. The van der Waals surface area contributed by atoms with Crippen LogP contribution in [0.5, 0.6) is 0 Å². The minimum absolute atomic E-state index is 0.245. The molecule has 6 nitrogen and oxygen atoms in total. The Kier molecular flexibility index (Phi) is 5.79. The normalized spacial score (nSPS) is 12.5. The molecular weight excluding hydrogens is 338 g/mol. The highest BCUT2D eigenvalue weighted by Gasteiger charge is 2.29. The molecule has 1 N–H and O–H groups in total. The van der Waals surface area contributed by atoms with E-state index in [1.54, 1.807) is 37.4 Å². The predicted octanol–water partition coefficient (Wildman–Crippen LogP) is 2.17. The van der Waals surface area contributed by atoms with Crippen LogP contribution < -0.4 is 9.62 Å². The van der Waals surface area contributed by atoms with Crippen molar-refractivity contribution in [3.8, 4) is 0 Å². The van der Waals surface area contributed by atoms with Gasteiger partial charge < -0.3 is 5.32 Å². The van der Waals surface area contributed by atoms with E-state index in [0.29, 0.717) is 11.4 Å². The number of amides is 1. The SMILES string of the molecule is Cc1ccc(N(C(C)C(=O)NCc2ccccn2)S(C)(=O)=O)cc1C. The first-order valence-corrected chi connectivity index (χ1v) is 9.79. The molecule has 0 aliphatic rings. The molecule has 0 saturated carbocycles. The van der Waals surface area contributed by atoms with Crippen molar-refractivity contribution in [2.45, 2.75) is 33.4 Å². The molecule has 1 heterocycles. The first kappa shape index (κ1) is 18.9. The maximum absolute atomic E-state index is 12.5. The van der Waals surface area contributed by atoms with Crippen molar-refractivity contribution in [3.63, 3.8) is 0 Å². The number of nitrogens with zero attached hydrogens (tertiary/aromatic N) is 2. The van der Waals surface area contributed by atoms with Crippen molar-refractivity contribution in [1.29, 1.82) is 0 Å². The fourth-order valence-electron chi connectivity index (χ4n) is 2.50. The molecule has 0 bridgehead atoms. The third kappa shape index (κ3) is 4.79. The van der Waals surface area contributed by atoms with E-state index in [2.05, 4.69) is 10.3 Å². The summed E-state index contributed by atoms with van der Waals surface area (Å²) in [7, 11) is -3.62. The highest BCUT2D eigenvalue weighted by Crippen LogP contribution is 2.23. The van der Waals surface area contributed by atoms with Gasteiger partial charge in [-0.2, -0.15) is 0 Å². The van der Waals surface area contributed by atoms with E-state index in [0.717, 1.165) is 21.7 Å². The molecule has 0 radical (unpaired) electrons. The lowest BCUT2D eigenvalue weighted by molar-refractivity contribution is -0.122. The number of hydrogen-bond acceptors (Lipinski definition) is 4. The zero-order valence-corrected chi connectivity index (χ0v) is 15.7. The number of hydrogen-bond donors (Lipinski definition) is 1. The Morgan fingerprint density at radius 3 is 2.48 bits per heavy atom. The molecular formula is C18H23N3O3S. The molecule has 1 unspecified atom stereocenters. The van der Waals surface area contributed by atoms with E-state index in [9.17, 15) is 13.2 Å². The Hall–Kier alpha value is -2.41. The molecule has 134 valence electrons. The van der Waals surface area contributed by atoms with Gasteiger partial charge in [-0.15, -0.1) is 0 Å². The Labute approximate surface area is 148 Å². The van der Waals surface area contributed by atoms with Crippen LogP contribution in [0.1, 0.15) is 23.7 Å². The average Bonchev–Trinajstić information content (AvgIpc) is 2.55. The predicted molar refractivity (Wildman–Crippen MR) is 98.8 cm³/mol. The van der Waals surface area contributed by atoms with Crippen LogP contribution >= 0.6 is 0 Å². The van der Waals surface area contributed by atoms with E-state index in [1.807, 2.05) is 26.0 Å². The summed E-state index contributed by atoms with van der Waals surface area (Å²) in [5.74, 6) is -0.380. The summed E-state index contributed by atoms with van der Waals surface area (Å²) in [6.45, 7) is 5.68. The smallest absolute Gasteiger partial charge is 0.243 e. The van der Waals surface area contributed by atoms with Gasteiger partial charge >= 0.3 is 0 Å². The van der Waals surface area contributed by atoms with Gasteiger partial charge in [0.05, 0.1) is 24.2 Å². The van der Waals surface area contributed by atoms with Crippen molar-refractivity contribution in [2.24, 2.45) is 0 Å². The number of aromatic nitrogens is 1. The van der Waals surface area contributed by atoms with Gasteiger partial charge in [0.25, 0.3) is 0 Å². The van der Waals surface area contributed by atoms with Gasteiger partial charge in [-0.3, -0.25) is 14.1 Å². The lowest BCUT2D eigenvalue weighted by Crippen LogP contribution is -2.47. The fourth-order valence-corrected chi connectivity index (χ4v) is 3.67. The van der Waals surface area contributed by atoms with Crippen LogP contribution in [0.25, 0.3) is 0 Å². The Balaban J connectivity index is 2.22. The summed E-state index contributed by atoms with van der Waals surface area (Å²) >= 11 is 0. The second-order valence-corrected chi connectivity index (χ2v) is 7.90. The quantitative estimate of drug-likeness (QED) is 0.855. The summed E-state index contributed by atoms with van der Waals surface area (Å²) in [5, 5.41) is 2.74. The van der Waals surface area contributed by atoms with Crippen LogP contribution in [-0.4, -0.2) is 31.6 Å². The Morgan fingerprint density at radius 2 is 1.92 bits per heavy atom. The van der Waals surface area contributed by atoms with E-state index >= 15 is 0 Å². The molecule has 0 saturated heterocycles. The van der Waals surface area contributed by atoms with Crippen LogP contribution in [0, 0.1) is 13.8 Å². The first-order chi connectivity index (χ1) is 11.7. The number of carbonyl (C=O) groups is 1. The molecule has 1 atom stereocenters. The van der Waals surface area contributed by atoms with Gasteiger partial charge in [0.2, 0.25) is 15.9 Å². The number of rotatable bonds is 6. The lowest BCUT2D eigenvalue weighted by Gasteiger charge is -2.28. The summed E-state index contributed by atoms with van der Waals surface area (Å²) in [5.41, 5.74) is 3.21. The number of aryl methyl sites for hydroxylation is 2. The summed E-state index contributed by atoms with van der Waals surface area (Å²) in [6.07, 6.45) is 2.74. The molecule has 1 aromatic heterocycles. The molecule has 7 heteroatoms. The van der Waals surface area contributed by atoms with Crippen molar-refractivity contribution < 1.29 is 13.2 Å². The van der Waals surface area contributed by atoms with Gasteiger partial charge in [0.1, 0.15) is 6.04 Å². The highest BCUT2D eigenvalue weighted by molar-refractivity contribution is 7.92. The van der Waals surface area contributed by atoms with Gasteiger partial charge in [0, 0.05) is 6.20 Å². The van der Waals surface area contributed by atoms with Gasteiger partial charge in [0.15, 0.2) is 0 Å². The molecule has 0 fully saturated rings. The van der Waals surface area contributed by atoms with Crippen LogP contribution in [0.2, 0.25) is 0 Å². The topological polar surface area (TPSA) is 79.4 Å². The summed E-state index contributed by atoms with van der Waals surface area (Å²) in [4.78, 5) is 16.6. The number of pyridine rings is 1. The van der Waals surface area contributed by atoms with Crippen LogP contribution in [0.15, 0.2) is 42.6 Å². The minimum atomic E-state index is -3.62. The van der Waals surface area contributed by atoms with Crippen molar-refractivity contribution in [2.75, 3.05) is 10.6 Å². The Morgan fingerprint density at radius 1 is 1.20 bits per heavy atom. The zero-order chi connectivity index (χ0) is 18.6. The summed E-state index contributed by atoms with van der Waals surface area (Å²) < 4.78 is 25.7. The monoisotopic (exact) mass is 361 g/mol. The van der Waals surface area contributed by atoms with Gasteiger partial charge in [-0.1, -0.05) is 12.1 Å². The number of carbonyl (C=O) groups excluding carboxylic acids is 1. The Bertz CT molecular complexity index is 851. The van der Waals surface area contributed by atoms with Gasteiger partial charge in [-0.05, 0) is 56.2 Å². The second-order valence-electron chi connectivity index (χ2n) is 6.04. The lowest BCUT2D eigenvalue weighted by atomic mass is 10.1. The minimum Gasteiger partial charge on any atom is -0.349 e. The maximum atomic E-state index is 12.5. The third-order valence-corrected chi connectivity index (χ3v) is 5.25. The molecule has 1 amide bonds. The second kappa shape index (κ2) is 7.65. The zero-order valence-electron chi connectivity index (χ0n) is 14.9. The van der Waals surface area contributed by atoms with Crippen molar-refractivity contribution in [3.05, 3.63) is 59.4 Å². The van der Waals surface area contributed by atoms with E-state index < -0.39 is 16.1 Å². The largest absolute Gasteiger partial charge is 0.349 e. The number of nitrogens with one attached hydrogen (secondary N) is 1. The highest BCUT2D eigenvalue weighted by atomic mass is 32.2. The molecule has 0 spiro atoms. The molecule has 0 aliphatic carbocycles. The molecule has 0 aliphatic heterocycles. The van der Waals surface area contributed by atoms with E-state index in [1.165, 1.54) is 0 Å². The first-order valence-electron chi connectivity index (χ1n) is 7.94. The van der Waals surface area contributed by atoms with Crippen LogP contribution in [0.4, 0.5) is 5.69 Å². The number of sulfonamides is 1. The van der Waals surface area contributed by atoms with Gasteiger partial charge in [-0.25, -0.2) is 8.42 Å². The van der Waals surface area contributed by atoms with E-state index in [4.69, 9.17) is 0 Å². The summed E-state index contributed by atoms with van der Waals surface area (Å²) in [6, 6.07) is 9.88. The maximum Gasteiger partial charge on any atom is 0.243 e. The average molecular weight is 361 g/mol. The standard InChI is InChI=1S/C18H23N3O3S/c1-13-8-9-17(11-14(13)2)21(25(4,23)24)15(3)18(22)20-12-16-7-5-6-10-19-16/h5-11,15H,12H2,1-4H3,(H,20,22). The fraction of sp³-hybridized carbons (Fsp3) is 0.333. The number of anilines is 1. The third-order valence-electron chi connectivity index (χ3n) is 4.00. The van der Waals surface area contributed by atoms with Crippen LogP contribution in [-0.2, 0) is 21.4 Å². The molecule has 2 rings (SSSR count). The van der Waals surface area contributed by atoms with Crippen molar-refractivity contribution >= 4 is 21.6 Å². The van der Waals surface area contributed by atoms with Crippen LogP contribution in [0.3, 0.4) is 0 Å².